The fraction of sp³-hybridized carbons (Fsp3) is 0.250. The van der Waals surface area contributed by atoms with Gasteiger partial charge in [0.25, 0.3) is 0 Å². The van der Waals surface area contributed by atoms with Crippen molar-refractivity contribution in [2.75, 3.05) is 7.05 Å². The van der Waals surface area contributed by atoms with Crippen LogP contribution < -0.4 is 0 Å². The Kier molecular flexibility index (Phi) is 1.77. The Morgan fingerprint density at radius 3 is 2.85 bits per heavy atom. The van der Waals surface area contributed by atoms with E-state index in [2.05, 4.69) is 15.1 Å². The van der Waals surface area contributed by atoms with Crippen molar-refractivity contribution in [2.45, 2.75) is 6.42 Å². The van der Waals surface area contributed by atoms with Gasteiger partial charge in [-0.1, -0.05) is 0 Å². The van der Waals surface area contributed by atoms with Gasteiger partial charge in [-0.3, -0.25) is 14.8 Å². The maximum absolute atomic E-state index is 11.1. The van der Waals surface area contributed by atoms with Gasteiger partial charge in [0, 0.05) is 19.4 Å². The van der Waals surface area contributed by atoms with Crippen LogP contribution in [-0.4, -0.2) is 33.6 Å². The molecule has 0 atom stereocenters. The molecule has 0 saturated heterocycles. The van der Waals surface area contributed by atoms with Gasteiger partial charge >= 0.3 is 0 Å². The van der Waals surface area contributed by atoms with Gasteiger partial charge in [-0.2, -0.15) is 5.10 Å². The van der Waals surface area contributed by atoms with Crippen molar-refractivity contribution in [1.82, 2.24) is 15.0 Å². The van der Waals surface area contributed by atoms with E-state index in [-0.39, 0.29) is 5.91 Å². The molecule has 1 aromatic heterocycles. The van der Waals surface area contributed by atoms with E-state index in [4.69, 9.17) is 0 Å². The number of nitrogens with zero attached hydrogens (tertiary/aromatic N) is 4. The number of carbonyl (C=O) groups excluding carboxylic acids is 1. The lowest BCUT2D eigenvalue weighted by Gasteiger charge is -1.98. The molecular formula is C8H8N4O. The number of amides is 1. The molecule has 13 heavy (non-hydrogen) atoms. The fourth-order valence-corrected chi connectivity index (χ4v) is 1.12. The molecule has 2 rings (SSSR count). The van der Waals surface area contributed by atoms with Crippen molar-refractivity contribution >= 4 is 11.6 Å². The van der Waals surface area contributed by atoms with Gasteiger partial charge in [0.15, 0.2) is 0 Å². The summed E-state index contributed by atoms with van der Waals surface area (Å²) >= 11 is 0. The third-order valence-corrected chi connectivity index (χ3v) is 1.81. The first-order valence-corrected chi connectivity index (χ1v) is 3.88. The Bertz CT molecular complexity index is 360. The highest BCUT2D eigenvalue weighted by molar-refractivity contribution is 6.12. The second-order valence-electron chi connectivity index (χ2n) is 2.73. The van der Waals surface area contributed by atoms with E-state index in [9.17, 15) is 4.79 Å². The maximum atomic E-state index is 11.1. The minimum Gasteiger partial charge on any atom is -0.273 e. The van der Waals surface area contributed by atoms with E-state index in [1.54, 1.807) is 25.6 Å². The molecule has 0 bridgehead atoms. The maximum Gasteiger partial charge on any atom is 0.248 e. The van der Waals surface area contributed by atoms with Crippen molar-refractivity contribution in [1.29, 1.82) is 0 Å². The lowest BCUT2D eigenvalue weighted by molar-refractivity contribution is -0.127. The van der Waals surface area contributed by atoms with Crippen molar-refractivity contribution in [3.8, 4) is 0 Å². The van der Waals surface area contributed by atoms with Crippen LogP contribution >= 0.6 is 0 Å². The second kappa shape index (κ2) is 2.93. The highest BCUT2D eigenvalue weighted by Gasteiger charge is 2.22. The molecule has 0 aliphatic carbocycles. The molecule has 5 heteroatoms. The minimum absolute atomic E-state index is 0.0133. The van der Waals surface area contributed by atoms with Gasteiger partial charge in [0.05, 0.1) is 18.3 Å². The average Bonchev–Trinajstić information content (AvgIpc) is 2.49. The van der Waals surface area contributed by atoms with Crippen LogP contribution in [-0.2, 0) is 4.79 Å². The monoisotopic (exact) mass is 176 g/mol. The summed E-state index contributed by atoms with van der Waals surface area (Å²) in [5.74, 6) is -0.0133. The molecule has 1 aromatic rings. The summed E-state index contributed by atoms with van der Waals surface area (Å²) in [5, 5.41) is 5.36. The van der Waals surface area contributed by atoms with Crippen LogP contribution in [0, 0.1) is 0 Å². The molecule has 1 aliphatic heterocycles. The first kappa shape index (κ1) is 7.85. The lowest BCUT2D eigenvalue weighted by atomic mass is 10.2. The molecule has 0 spiro atoms. The summed E-state index contributed by atoms with van der Waals surface area (Å²) in [6.45, 7) is 0. The summed E-state index contributed by atoms with van der Waals surface area (Å²) in [6, 6.07) is 0. The summed E-state index contributed by atoms with van der Waals surface area (Å²) in [6.07, 6.45) is 5.09. The number of rotatable bonds is 1. The van der Waals surface area contributed by atoms with Crippen LogP contribution in [0.3, 0.4) is 0 Å². The zero-order valence-corrected chi connectivity index (χ0v) is 7.14. The molecule has 1 aliphatic rings. The fourth-order valence-electron chi connectivity index (χ4n) is 1.12. The predicted molar refractivity (Wildman–Crippen MR) is 46.0 cm³/mol. The smallest absolute Gasteiger partial charge is 0.248 e. The summed E-state index contributed by atoms with van der Waals surface area (Å²) in [4.78, 5) is 19.1. The first-order chi connectivity index (χ1) is 6.27. The molecule has 5 nitrogen and oxygen atoms in total. The van der Waals surface area contributed by atoms with E-state index >= 15 is 0 Å². The minimum atomic E-state index is -0.0133. The average molecular weight is 176 g/mol. The number of hydrogen-bond donors (Lipinski definition) is 0. The Morgan fingerprint density at radius 2 is 2.31 bits per heavy atom. The van der Waals surface area contributed by atoms with Crippen LogP contribution in [0.2, 0.25) is 0 Å². The molecule has 0 N–H and O–H groups in total. The Labute approximate surface area is 75.1 Å². The normalized spacial score (nSPS) is 16.2. The van der Waals surface area contributed by atoms with E-state index < -0.39 is 0 Å². The topological polar surface area (TPSA) is 58.5 Å². The van der Waals surface area contributed by atoms with Crippen LogP contribution in [0.5, 0.6) is 0 Å². The Morgan fingerprint density at radius 1 is 1.46 bits per heavy atom. The Hall–Kier alpha value is -1.78. The highest BCUT2D eigenvalue weighted by Crippen LogP contribution is 2.09. The van der Waals surface area contributed by atoms with E-state index in [1.807, 2.05) is 0 Å². The molecule has 0 unspecified atom stereocenters. The zero-order valence-electron chi connectivity index (χ0n) is 7.14. The van der Waals surface area contributed by atoms with Gasteiger partial charge in [-0.15, -0.1) is 0 Å². The van der Waals surface area contributed by atoms with Gasteiger partial charge in [-0.05, 0) is 0 Å². The van der Waals surface area contributed by atoms with Crippen LogP contribution in [0.1, 0.15) is 12.1 Å². The number of hydrogen-bond acceptors (Lipinski definition) is 4. The standard InChI is InChI=1S/C8H8N4O/c1-12-8(13)4-6(11-12)7-5-9-2-3-10-7/h2-3,5H,4H2,1H3. The molecule has 0 fully saturated rings. The first-order valence-electron chi connectivity index (χ1n) is 3.88. The summed E-state index contributed by atoms with van der Waals surface area (Å²) < 4.78 is 0. The molecular weight excluding hydrogens is 168 g/mol. The quantitative estimate of drug-likeness (QED) is 0.607. The van der Waals surface area contributed by atoms with Crippen LogP contribution in [0.25, 0.3) is 0 Å². The zero-order chi connectivity index (χ0) is 9.26. The molecule has 0 saturated carbocycles. The van der Waals surface area contributed by atoms with Crippen molar-refractivity contribution in [3.05, 3.63) is 24.3 Å². The number of carbonyl (C=O) groups is 1. The van der Waals surface area contributed by atoms with Crippen molar-refractivity contribution < 1.29 is 4.79 Å². The van der Waals surface area contributed by atoms with Gasteiger partial charge in [0.2, 0.25) is 5.91 Å². The Balaban J connectivity index is 2.30. The number of hydrazone groups is 1. The molecule has 0 aromatic carbocycles. The van der Waals surface area contributed by atoms with E-state index in [0.717, 1.165) is 0 Å². The van der Waals surface area contributed by atoms with Crippen LogP contribution in [0.15, 0.2) is 23.7 Å². The van der Waals surface area contributed by atoms with E-state index in [0.29, 0.717) is 17.8 Å². The molecule has 1 amide bonds. The largest absolute Gasteiger partial charge is 0.273 e. The number of aromatic nitrogens is 2. The highest BCUT2D eigenvalue weighted by atomic mass is 16.2. The third kappa shape index (κ3) is 1.40. The van der Waals surface area contributed by atoms with Crippen molar-refractivity contribution in [3.63, 3.8) is 0 Å². The molecule has 66 valence electrons. The van der Waals surface area contributed by atoms with Gasteiger partial charge in [-0.25, -0.2) is 5.01 Å². The molecule has 2 heterocycles. The van der Waals surface area contributed by atoms with E-state index in [1.165, 1.54) is 5.01 Å². The SMILES string of the molecule is CN1N=C(c2cnccn2)CC1=O. The summed E-state index contributed by atoms with van der Waals surface area (Å²) in [7, 11) is 1.63. The second-order valence-corrected chi connectivity index (χ2v) is 2.73. The third-order valence-electron chi connectivity index (χ3n) is 1.81. The van der Waals surface area contributed by atoms with Gasteiger partial charge < -0.3 is 0 Å². The summed E-state index contributed by atoms with van der Waals surface area (Å²) in [5.41, 5.74) is 1.35. The predicted octanol–water partition coefficient (Wildman–Crippen LogP) is 0.0428. The van der Waals surface area contributed by atoms with Gasteiger partial charge in [0.1, 0.15) is 5.69 Å². The van der Waals surface area contributed by atoms with Crippen molar-refractivity contribution in [2.24, 2.45) is 5.10 Å². The van der Waals surface area contributed by atoms with Crippen LogP contribution in [0.4, 0.5) is 0 Å². The lowest BCUT2D eigenvalue weighted by Crippen LogP contribution is -2.14. The molecule has 0 radical (unpaired) electrons.